The molecule has 0 saturated carbocycles. The van der Waals surface area contributed by atoms with Gasteiger partial charge in [-0.05, 0) is 43.7 Å². The average molecular weight is 445 g/mol. The lowest BCUT2D eigenvalue weighted by atomic mass is 10.1. The number of methoxy groups -OCH3 is 1. The van der Waals surface area contributed by atoms with Gasteiger partial charge in [-0.2, -0.15) is 4.98 Å². The number of rotatable bonds is 6. The monoisotopic (exact) mass is 444 g/mol. The lowest BCUT2D eigenvalue weighted by Gasteiger charge is -2.36. The predicted octanol–water partition coefficient (Wildman–Crippen LogP) is 4.57. The first kappa shape index (κ1) is 21.2. The lowest BCUT2D eigenvalue weighted by Crippen LogP contribution is -2.49. The molecule has 4 aromatic rings. The highest BCUT2D eigenvalue weighted by molar-refractivity contribution is 5.79. The van der Waals surface area contributed by atoms with E-state index in [-0.39, 0.29) is 0 Å². The Bertz CT molecular complexity index is 1210. The smallest absolute Gasteiger partial charge is 0.298 e. The molecule has 5 rings (SSSR count). The Hall–Kier alpha value is -3.65. The SMILES string of the molecule is COc1ccc(-c2cnc(Nc3ccc4nc(N5CCN(C(C)C)CC5)oc4c3)nc2)cc1. The molecule has 3 heterocycles. The van der Waals surface area contributed by atoms with E-state index in [1.807, 2.05) is 42.5 Å². The molecule has 0 unspecified atom stereocenters. The van der Waals surface area contributed by atoms with Crippen molar-refractivity contribution < 1.29 is 9.15 Å². The molecule has 0 spiro atoms. The largest absolute Gasteiger partial charge is 0.497 e. The molecule has 0 atom stereocenters. The van der Waals surface area contributed by atoms with Crippen LogP contribution in [0.1, 0.15) is 13.8 Å². The molecular weight excluding hydrogens is 416 g/mol. The van der Waals surface area contributed by atoms with Gasteiger partial charge in [0.1, 0.15) is 11.3 Å². The van der Waals surface area contributed by atoms with Gasteiger partial charge in [0.25, 0.3) is 6.01 Å². The summed E-state index contributed by atoms with van der Waals surface area (Å²) >= 11 is 0. The molecule has 170 valence electrons. The van der Waals surface area contributed by atoms with E-state index in [2.05, 4.69) is 43.9 Å². The second-order valence-electron chi connectivity index (χ2n) is 8.44. The fourth-order valence-electron chi connectivity index (χ4n) is 4.01. The molecule has 1 fully saturated rings. The molecule has 1 saturated heterocycles. The van der Waals surface area contributed by atoms with E-state index >= 15 is 0 Å². The molecule has 8 heteroatoms. The van der Waals surface area contributed by atoms with E-state index in [9.17, 15) is 0 Å². The summed E-state index contributed by atoms with van der Waals surface area (Å²) in [6, 6.07) is 14.9. The Morgan fingerprint density at radius 2 is 1.67 bits per heavy atom. The maximum atomic E-state index is 6.08. The van der Waals surface area contributed by atoms with Crippen LogP contribution in [-0.2, 0) is 0 Å². The third-order valence-corrected chi connectivity index (χ3v) is 6.02. The molecule has 1 N–H and O–H groups in total. The molecule has 0 radical (unpaired) electrons. The van der Waals surface area contributed by atoms with Gasteiger partial charge in [-0.15, -0.1) is 0 Å². The van der Waals surface area contributed by atoms with Crippen molar-refractivity contribution in [3.05, 3.63) is 54.9 Å². The van der Waals surface area contributed by atoms with Crippen LogP contribution >= 0.6 is 0 Å². The molecule has 1 aliphatic heterocycles. The molecule has 1 aliphatic rings. The quantitative estimate of drug-likeness (QED) is 0.463. The van der Waals surface area contributed by atoms with Crippen LogP contribution in [0.5, 0.6) is 5.75 Å². The van der Waals surface area contributed by atoms with Gasteiger partial charge in [0, 0.05) is 61.9 Å². The van der Waals surface area contributed by atoms with Crippen LogP contribution in [-0.4, -0.2) is 59.2 Å². The zero-order valence-corrected chi connectivity index (χ0v) is 19.2. The first-order valence-electron chi connectivity index (χ1n) is 11.2. The first-order valence-corrected chi connectivity index (χ1v) is 11.2. The Morgan fingerprint density at radius 1 is 0.939 bits per heavy atom. The summed E-state index contributed by atoms with van der Waals surface area (Å²) in [5.41, 5.74) is 4.42. The maximum absolute atomic E-state index is 6.08. The van der Waals surface area contributed by atoms with Gasteiger partial charge in [-0.3, -0.25) is 4.90 Å². The summed E-state index contributed by atoms with van der Waals surface area (Å²) < 4.78 is 11.3. The van der Waals surface area contributed by atoms with Crippen LogP contribution in [0.2, 0.25) is 0 Å². The minimum absolute atomic E-state index is 0.524. The molecule has 0 amide bonds. The summed E-state index contributed by atoms with van der Waals surface area (Å²) in [5.74, 6) is 1.35. The van der Waals surface area contributed by atoms with Gasteiger partial charge in [0.2, 0.25) is 5.95 Å². The van der Waals surface area contributed by atoms with E-state index in [0.717, 1.165) is 59.8 Å². The number of nitrogens with zero attached hydrogens (tertiary/aromatic N) is 5. The van der Waals surface area contributed by atoms with Gasteiger partial charge in [0.05, 0.1) is 7.11 Å². The Morgan fingerprint density at radius 3 is 2.33 bits per heavy atom. The minimum atomic E-state index is 0.524. The fraction of sp³-hybridized carbons (Fsp3) is 0.320. The highest BCUT2D eigenvalue weighted by atomic mass is 16.5. The fourth-order valence-corrected chi connectivity index (χ4v) is 4.01. The van der Waals surface area contributed by atoms with E-state index in [1.165, 1.54) is 0 Å². The Kier molecular flexibility index (Phi) is 5.83. The topological polar surface area (TPSA) is 79.5 Å². The highest BCUT2D eigenvalue weighted by Crippen LogP contribution is 2.27. The third kappa shape index (κ3) is 4.61. The Labute approximate surface area is 193 Å². The number of hydrogen-bond donors (Lipinski definition) is 1. The number of aromatic nitrogens is 3. The van der Waals surface area contributed by atoms with Gasteiger partial charge in [0.15, 0.2) is 5.58 Å². The van der Waals surface area contributed by atoms with Crippen molar-refractivity contribution in [2.75, 3.05) is 43.5 Å². The molecule has 8 nitrogen and oxygen atoms in total. The number of anilines is 3. The summed E-state index contributed by atoms with van der Waals surface area (Å²) in [6.45, 7) is 8.36. The van der Waals surface area contributed by atoms with Crippen LogP contribution in [0, 0.1) is 0 Å². The summed E-state index contributed by atoms with van der Waals surface area (Å²) in [7, 11) is 1.66. The molecule has 33 heavy (non-hydrogen) atoms. The van der Waals surface area contributed by atoms with Crippen molar-refractivity contribution in [2.45, 2.75) is 19.9 Å². The van der Waals surface area contributed by atoms with Crippen LogP contribution in [0.15, 0.2) is 59.3 Å². The number of hydrogen-bond acceptors (Lipinski definition) is 8. The second kappa shape index (κ2) is 9.07. The maximum Gasteiger partial charge on any atom is 0.298 e. The van der Waals surface area contributed by atoms with E-state index in [0.29, 0.717) is 18.0 Å². The van der Waals surface area contributed by atoms with Crippen molar-refractivity contribution in [3.8, 4) is 16.9 Å². The minimum Gasteiger partial charge on any atom is -0.497 e. The predicted molar refractivity (Wildman–Crippen MR) is 130 cm³/mol. The molecule has 0 bridgehead atoms. The molecular formula is C25H28N6O2. The van der Waals surface area contributed by atoms with Gasteiger partial charge >= 0.3 is 0 Å². The van der Waals surface area contributed by atoms with Crippen LogP contribution < -0.4 is 15.0 Å². The van der Waals surface area contributed by atoms with Gasteiger partial charge < -0.3 is 19.4 Å². The zero-order chi connectivity index (χ0) is 22.8. The first-order chi connectivity index (χ1) is 16.1. The van der Waals surface area contributed by atoms with Crippen LogP contribution in [0.25, 0.3) is 22.2 Å². The molecule has 2 aromatic carbocycles. The van der Waals surface area contributed by atoms with E-state index < -0.39 is 0 Å². The number of fused-ring (bicyclic) bond motifs is 1. The standard InChI is InChI=1S/C25H28N6O2/c1-17(2)30-10-12-31(13-11-30)25-29-22-9-6-20(14-23(22)33-25)28-24-26-15-19(16-27-24)18-4-7-21(32-3)8-5-18/h4-9,14-17H,10-13H2,1-3H3,(H,26,27,28). The average Bonchev–Trinajstić information content (AvgIpc) is 3.28. The second-order valence-corrected chi connectivity index (χ2v) is 8.44. The summed E-state index contributed by atoms with van der Waals surface area (Å²) in [6.07, 6.45) is 3.61. The van der Waals surface area contributed by atoms with Crippen LogP contribution in [0.3, 0.4) is 0 Å². The number of oxazole rings is 1. The number of nitrogens with one attached hydrogen (secondary N) is 1. The summed E-state index contributed by atoms with van der Waals surface area (Å²) in [5, 5.41) is 3.25. The van der Waals surface area contributed by atoms with Crippen molar-refractivity contribution in [1.82, 2.24) is 19.9 Å². The number of ether oxygens (including phenoxy) is 1. The van der Waals surface area contributed by atoms with Crippen molar-refractivity contribution in [3.63, 3.8) is 0 Å². The van der Waals surface area contributed by atoms with Crippen molar-refractivity contribution in [2.24, 2.45) is 0 Å². The lowest BCUT2D eigenvalue weighted by molar-refractivity contribution is 0.206. The molecule has 2 aromatic heterocycles. The highest BCUT2D eigenvalue weighted by Gasteiger charge is 2.22. The number of benzene rings is 2. The van der Waals surface area contributed by atoms with E-state index in [4.69, 9.17) is 9.15 Å². The summed E-state index contributed by atoms with van der Waals surface area (Å²) in [4.78, 5) is 18.3. The third-order valence-electron chi connectivity index (χ3n) is 6.02. The van der Waals surface area contributed by atoms with Gasteiger partial charge in [-0.25, -0.2) is 9.97 Å². The zero-order valence-electron chi connectivity index (χ0n) is 19.2. The number of piperazine rings is 1. The van der Waals surface area contributed by atoms with E-state index in [1.54, 1.807) is 19.5 Å². The van der Waals surface area contributed by atoms with Gasteiger partial charge in [-0.1, -0.05) is 12.1 Å². The van der Waals surface area contributed by atoms with Crippen LogP contribution in [0.4, 0.5) is 17.7 Å². The van der Waals surface area contributed by atoms with Crippen molar-refractivity contribution in [1.29, 1.82) is 0 Å². The molecule has 0 aliphatic carbocycles. The van der Waals surface area contributed by atoms with Crippen molar-refractivity contribution >= 4 is 28.8 Å². The Balaban J connectivity index is 1.27. The normalized spacial score (nSPS) is 14.7.